The fourth-order valence-electron chi connectivity index (χ4n) is 4.41. The van der Waals surface area contributed by atoms with Gasteiger partial charge >= 0.3 is 0 Å². The standard InChI is InChI=1S/C16H26O/c1-3-12-6-5-8-16(10-12)9-7-13(11-16)15-14(4-2)17-15/h3,13-15H,4-11H2,1-2H3/b12-3+/t13-,14?,15?,16+/m0/s1. The van der Waals surface area contributed by atoms with Crippen molar-refractivity contribution in [1.82, 2.24) is 0 Å². The molecule has 2 aliphatic carbocycles. The van der Waals surface area contributed by atoms with E-state index in [1.54, 1.807) is 5.57 Å². The van der Waals surface area contributed by atoms with E-state index in [2.05, 4.69) is 19.9 Å². The molecule has 0 radical (unpaired) electrons. The average molecular weight is 234 g/mol. The summed E-state index contributed by atoms with van der Waals surface area (Å²) in [5, 5.41) is 0. The Kier molecular flexibility index (Phi) is 3.06. The Morgan fingerprint density at radius 1 is 1.41 bits per heavy atom. The van der Waals surface area contributed by atoms with E-state index in [0.717, 1.165) is 5.92 Å². The summed E-state index contributed by atoms with van der Waals surface area (Å²) >= 11 is 0. The van der Waals surface area contributed by atoms with Crippen LogP contribution in [0.15, 0.2) is 11.6 Å². The summed E-state index contributed by atoms with van der Waals surface area (Å²) in [6.07, 6.45) is 14.8. The lowest BCUT2D eigenvalue weighted by Gasteiger charge is -2.35. The summed E-state index contributed by atoms with van der Waals surface area (Å²) in [5.74, 6) is 0.885. The van der Waals surface area contributed by atoms with Crippen LogP contribution in [-0.2, 0) is 4.74 Å². The predicted molar refractivity (Wildman–Crippen MR) is 71.0 cm³/mol. The zero-order valence-corrected chi connectivity index (χ0v) is 11.4. The second kappa shape index (κ2) is 4.42. The highest BCUT2D eigenvalue weighted by atomic mass is 16.6. The van der Waals surface area contributed by atoms with E-state index in [1.807, 2.05) is 0 Å². The van der Waals surface area contributed by atoms with Gasteiger partial charge in [-0.05, 0) is 69.6 Å². The van der Waals surface area contributed by atoms with Crippen molar-refractivity contribution in [2.75, 3.05) is 0 Å². The molecule has 1 spiro atoms. The number of allylic oxidation sites excluding steroid dienone is 2. The van der Waals surface area contributed by atoms with E-state index < -0.39 is 0 Å². The molecule has 3 rings (SSSR count). The summed E-state index contributed by atoms with van der Waals surface area (Å²) < 4.78 is 5.82. The van der Waals surface area contributed by atoms with Crippen LogP contribution in [0.1, 0.15) is 65.2 Å². The van der Waals surface area contributed by atoms with Gasteiger partial charge in [-0.15, -0.1) is 0 Å². The quantitative estimate of drug-likeness (QED) is 0.507. The molecule has 2 unspecified atom stereocenters. The van der Waals surface area contributed by atoms with Crippen molar-refractivity contribution in [3.05, 3.63) is 11.6 Å². The van der Waals surface area contributed by atoms with Crippen LogP contribution in [0.25, 0.3) is 0 Å². The summed E-state index contributed by atoms with van der Waals surface area (Å²) in [7, 11) is 0. The summed E-state index contributed by atoms with van der Waals surface area (Å²) in [6, 6.07) is 0. The Bertz CT molecular complexity index is 319. The van der Waals surface area contributed by atoms with Gasteiger partial charge in [-0.2, -0.15) is 0 Å². The molecule has 1 aliphatic heterocycles. The lowest BCUT2D eigenvalue weighted by atomic mass is 9.70. The van der Waals surface area contributed by atoms with E-state index >= 15 is 0 Å². The Labute approximate surface area is 106 Å². The minimum absolute atomic E-state index is 0.611. The topological polar surface area (TPSA) is 12.5 Å². The van der Waals surface area contributed by atoms with Crippen molar-refractivity contribution in [2.24, 2.45) is 11.3 Å². The predicted octanol–water partition coefficient (Wildman–Crippen LogP) is 4.47. The third-order valence-electron chi connectivity index (χ3n) is 5.44. The van der Waals surface area contributed by atoms with Gasteiger partial charge in [0, 0.05) is 0 Å². The van der Waals surface area contributed by atoms with Crippen LogP contribution >= 0.6 is 0 Å². The van der Waals surface area contributed by atoms with Crippen molar-refractivity contribution in [1.29, 1.82) is 0 Å². The van der Waals surface area contributed by atoms with E-state index in [9.17, 15) is 0 Å². The maximum absolute atomic E-state index is 5.82. The Morgan fingerprint density at radius 3 is 3.00 bits per heavy atom. The van der Waals surface area contributed by atoms with Crippen LogP contribution in [-0.4, -0.2) is 12.2 Å². The van der Waals surface area contributed by atoms with Gasteiger partial charge in [0.25, 0.3) is 0 Å². The molecule has 1 heterocycles. The van der Waals surface area contributed by atoms with Crippen molar-refractivity contribution in [2.45, 2.75) is 77.4 Å². The number of hydrogen-bond acceptors (Lipinski definition) is 1. The van der Waals surface area contributed by atoms with Crippen LogP contribution in [0.5, 0.6) is 0 Å². The van der Waals surface area contributed by atoms with Gasteiger partial charge in [-0.3, -0.25) is 0 Å². The SMILES string of the molecule is C/C=C1\CCC[C@@]2(CC[C@H](C3OC3CC)C2)C1. The molecule has 0 bridgehead atoms. The monoisotopic (exact) mass is 234 g/mol. The van der Waals surface area contributed by atoms with E-state index in [1.165, 1.54) is 51.4 Å². The van der Waals surface area contributed by atoms with Crippen LogP contribution < -0.4 is 0 Å². The van der Waals surface area contributed by atoms with Gasteiger partial charge in [0.05, 0.1) is 12.2 Å². The molecule has 0 N–H and O–H groups in total. The maximum Gasteiger partial charge on any atom is 0.0870 e. The summed E-state index contributed by atoms with van der Waals surface area (Å²) in [5.41, 5.74) is 2.40. The van der Waals surface area contributed by atoms with Crippen LogP contribution in [0.4, 0.5) is 0 Å². The van der Waals surface area contributed by atoms with E-state index in [0.29, 0.717) is 17.6 Å². The molecule has 3 aliphatic rings. The fraction of sp³-hybridized carbons (Fsp3) is 0.875. The fourth-order valence-corrected chi connectivity index (χ4v) is 4.41. The molecule has 0 aromatic heterocycles. The second-order valence-electron chi connectivity index (χ2n) is 6.53. The highest BCUT2D eigenvalue weighted by molar-refractivity contribution is 5.11. The number of ether oxygens (including phenoxy) is 1. The lowest BCUT2D eigenvalue weighted by Crippen LogP contribution is -2.22. The van der Waals surface area contributed by atoms with E-state index in [4.69, 9.17) is 4.74 Å². The smallest absolute Gasteiger partial charge is 0.0870 e. The second-order valence-corrected chi connectivity index (χ2v) is 6.53. The Balaban J connectivity index is 1.62. The molecular formula is C16H26O. The molecule has 0 aromatic rings. The zero-order valence-electron chi connectivity index (χ0n) is 11.4. The highest BCUT2D eigenvalue weighted by Gasteiger charge is 2.50. The highest BCUT2D eigenvalue weighted by Crippen LogP contribution is 2.55. The van der Waals surface area contributed by atoms with Crippen LogP contribution in [0.3, 0.4) is 0 Å². The van der Waals surface area contributed by atoms with Gasteiger partial charge in [-0.25, -0.2) is 0 Å². The number of epoxide rings is 1. The van der Waals surface area contributed by atoms with Crippen LogP contribution in [0, 0.1) is 11.3 Å². The first-order chi connectivity index (χ1) is 8.26. The third-order valence-corrected chi connectivity index (χ3v) is 5.44. The number of hydrogen-bond donors (Lipinski definition) is 0. The Morgan fingerprint density at radius 2 is 2.29 bits per heavy atom. The molecule has 17 heavy (non-hydrogen) atoms. The third kappa shape index (κ3) is 2.19. The molecule has 96 valence electrons. The van der Waals surface area contributed by atoms with Crippen molar-refractivity contribution >= 4 is 0 Å². The van der Waals surface area contributed by atoms with Gasteiger partial charge in [0.1, 0.15) is 0 Å². The van der Waals surface area contributed by atoms with Gasteiger partial charge in [-0.1, -0.05) is 18.6 Å². The summed E-state index contributed by atoms with van der Waals surface area (Å²) in [4.78, 5) is 0. The molecule has 1 heteroatoms. The molecule has 3 fully saturated rings. The zero-order chi connectivity index (χ0) is 11.9. The van der Waals surface area contributed by atoms with Crippen molar-refractivity contribution in [3.63, 3.8) is 0 Å². The molecule has 0 amide bonds. The lowest BCUT2D eigenvalue weighted by molar-refractivity contribution is 0.215. The molecule has 1 saturated heterocycles. The minimum Gasteiger partial charge on any atom is -0.369 e. The minimum atomic E-state index is 0.611. The van der Waals surface area contributed by atoms with E-state index in [-0.39, 0.29) is 0 Å². The van der Waals surface area contributed by atoms with Crippen molar-refractivity contribution < 1.29 is 4.74 Å². The van der Waals surface area contributed by atoms with Gasteiger partial charge in [0.15, 0.2) is 0 Å². The first-order valence-corrected chi connectivity index (χ1v) is 7.56. The summed E-state index contributed by atoms with van der Waals surface area (Å²) in [6.45, 7) is 4.48. The normalized spacial score (nSPS) is 47.9. The van der Waals surface area contributed by atoms with Crippen molar-refractivity contribution in [3.8, 4) is 0 Å². The number of rotatable bonds is 2. The molecular weight excluding hydrogens is 208 g/mol. The largest absolute Gasteiger partial charge is 0.369 e. The van der Waals surface area contributed by atoms with Gasteiger partial charge in [0.2, 0.25) is 0 Å². The van der Waals surface area contributed by atoms with Crippen LogP contribution in [0.2, 0.25) is 0 Å². The molecule has 1 nitrogen and oxygen atoms in total. The first-order valence-electron chi connectivity index (χ1n) is 7.56. The molecule has 2 saturated carbocycles. The molecule has 0 aromatic carbocycles. The van der Waals surface area contributed by atoms with Gasteiger partial charge < -0.3 is 4.74 Å². The molecule has 4 atom stereocenters. The first kappa shape index (κ1) is 11.8. The maximum atomic E-state index is 5.82. The average Bonchev–Trinajstić information content (AvgIpc) is 3.06. The Hall–Kier alpha value is -0.300.